The van der Waals surface area contributed by atoms with E-state index in [0.29, 0.717) is 18.0 Å². The van der Waals surface area contributed by atoms with Gasteiger partial charge in [-0.3, -0.25) is 0 Å². The van der Waals surface area contributed by atoms with Crippen molar-refractivity contribution in [3.8, 4) is 5.75 Å². The van der Waals surface area contributed by atoms with Crippen molar-refractivity contribution in [1.82, 2.24) is 4.31 Å². The maximum Gasteiger partial charge on any atom is 0.304 e. The first-order valence-corrected chi connectivity index (χ1v) is 6.78. The third-order valence-corrected chi connectivity index (χ3v) is 4.67. The van der Waals surface area contributed by atoms with Crippen LogP contribution in [0.2, 0.25) is 0 Å². The molecule has 0 aliphatic carbocycles. The number of hydrogen-bond donors (Lipinski definition) is 0. The molecule has 2 rings (SSSR count). The third-order valence-electron chi connectivity index (χ3n) is 2.69. The minimum Gasteiger partial charge on any atom is -0.489 e. The normalized spacial score (nSPS) is 20.0. The highest BCUT2D eigenvalue weighted by Gasteiger charge is 2.34. The van der Waals surface area contributed by atoms with Crippen LogP contribution < -0.4 is 9.04 Å². The standard InChI is InChI=1S/C11H16N2O3S/c1-9-8-16-11-7-5-4-6-10(11)13(9)17(14,15)12(2)3/h4-7,9H,8H2,1-3H3. The van der Waals surface area contributed by atoms with Crippen molar-refractivity contribution >= 4 is 15.9 Å². The summed E-state index contributed by atoms with van der Waals surface area (Å²) in [6.45, 7) is 2.20. The Morgan fingerprint density at radius 3 is 2.65 bits per heavy atom. The second-order valence-electron chi connectivity index (χ2n) is 4.21. The first-order valence-electron chi connectivity index (χ1n) is 5.38. The molecule has 1 unspecified atom stereocenters. The highest BCUT2D eigenvalue weighted by atomic mass is 32.2. The van der Waals surface area contributed by atoms with Gasteiger partial charge < -0.3 is 4.74 Å². The number of hydrogen-bond acceptors (Lipinski definition) is 3. The molecule has 1 aromatic carbocycles. The van der Waals surface area contributed by atoms with Crippen LogP contribution in [0.15, 0.2) is 24.3 Å². The maximum atomic E-state index is 12.3. The van der Waals surface area contributed by atoms with Gasteiger partial charge in [0, 0.05) is 14.1 Å². The molecule has 0 saturated carbocycles. The number of fused-ring (bicyclic) bond motifs is 1. The van der Waals surface area contributed by atoms with E-state index in [9.17, 15) is 8.42 Å². The first-order chi connectivity index (χ1) is 7.94. The largest absolute Gasteiger partial charge is 0.489 e. The molecule has 6 heteroatoms. The SMILES string of the molecule is CC1COc2ccccc2N1S(=O)(=O)N(C)C. The molecule has 1 aromatic rings. The number of rotatable bonds is 2. The van der Waals surface area contributed by atoms with E-state index in [-0.39, 0.29) is 6.04 Å². The van der Waals surface area contributed by atoms with Gasteiger partial charge >= 0.3 is 10.2 Å². The molecule has 0 N–H and O–H groups in total. The first kappa shape index (κ1) is 12.2. The predicted octanol–water partition coefficient (Wildman–Crippen LogP) is 1.08. The van der Waals surface area contributed by atoms with Crippen LogP contribution in [0.4, 0.5) is 5.69 Å². The quantitative estimate of drug-likeness (QED) is 0.795. The van der Waals surface area contributed by atoms with Crippen LogP contribution in [-0.4, -0.2) is 39.5 Å². The fourth-order valence-corrected chi connectivity index (χ4v) is 3.07. The molecule has 0 spiro atoms. The molecular weight excluding hydrogens is 240 g/mol. The maximum absolute atomic E-state index is 12.3. The Morgan fingerprint density at radius 1 is 1.35 bits per heavy atom. The molecule has 1 heterocycles. The smallest absolute Gasteiger partial charge is 0.304 e. The van der Waals surface area contributed by atoms with E-state index in [2.05, 4.69) is 0 Å². The average Bonchev–Trinajstić information content (AvgIpc) is 2.28. The van der Waals surface area contributed by atoms with Gasteiger partial charge in [-0.1, -0.05) is 12.1 Å². The van der Waals surface area contributed by atoms with E-state index in [1.807, 2.05) is 13.0 Å². The van der Waals surface area contributed by atoms with Crippen molar-refractivity contribution in [2.75, 3.05) is 25.0 Å². The zero-order valence-electron chi connectivity index (χ0n) is 10.1. The second kappa shape index (κ2) is 4.19. The van der Waals surface area contributed by atoms with Gasteiger partial charge in [-0.2, -0.15) is 12.7 Å². The monoisotopic (exact) mass is 256 g/mol. The van der Waals surface area contributed by atoms with Crippen LogP contribution in [-0.2, 0) is 10.2 Å². The van der Waals surface area contributed by atoms with Crippen LogP contribution in [0.1, 0.15) is 6.92 Å². The lowest BCUT2D eigenvalue weighted by atomic mass is 10.2. The van der Waals surface area contributed by atoms with Gasteiger partial charge in [0.15, 0.2) is 0 Å². The van der Waals surface area contributed by atoms with Gasteiger partial charge in [-0.15, -0.1) is 0 Å². The van der Waals surface area contributed by atoms with Gasteiger partial charge in [0.2, 0.25) is 0 Å². The molecule has 94 valence electrons. The summed E-state index contributed by atoms with van der Waals surface area (Å²) in [6, 6.07) is 6.95. The van der Waals surface area contributed by atoms with Gasteiger partial charge in [0.25, 0.3) is 0 Å². The topological polar surface area (TPSA) is 49.9 Å². The van der Waals surface area contributed by atoms with Crippen LogP contribution in [0.5, 0.6) is 5.75 Å². The summed E-state index contributed by atoms with van der Waals surface area (Å²) in [5, 5.41) is 0. The molecule has 5 nitrogen and oxygen atoms in total. The summed E-state index contributed by atoms with van der Waals surface area (Å²) in [5.41, 5.74) is 0.597. The average molecular weight is 256 g/mol. The summed E-state index contributed by atoms with van der Waals surface area (Å²) in [6.07, 6.45) is 0. The molecule has 1 aliphatic rings. The minimum absolute atomic E-state index is 0.211. The van der Waals surface area contributed by atoms with Gasteiger partial charge in [-0.05, 0) is 19.1 Å². The van der Waals surface area contributed by atoms with Gasteiger partial charge in [0.05, 0.1) is 11.7 Å². The van der Waals surface area contributed by atoms with Crippen LogP contribution in [0.3, 0.4) is 0 Å². The van der Waals surface area contributed by atoms with Crippen molar-refractivity contribution in [2.24, 2.45) is 0 Å². The van der Waals surface area contributed by atoms with E-state index < -0.39 is 10.2 Å². The summed E-state index contributed by atoms with van der Waals surface area (Å²) in [5.74, 6) is 0.607. The Kier molecular flexibility index (Phi) is 3.01. The fourth-order valence-electron chi connectivity index (χ4n) is 1.80. The Balaban J connectivity index is 2.54. The molecule has 17 heavy (non-hydrogen) atoms. The number of para-hydroxylation sites is 2. The number of anilines is 1. The lowest BCUT2D eigenvalue weighted by molar-refractivity contribution is 0.280. The minimum atomic E-state index is -3.48. The Bertz CT molecular complexity index is 513. The van der Waals surface area contributed by atoms with Crippen LogP contribution >= 0.6 is 0 Å². The van der Waals surface area contributed by atoms with Crippen molar-refractivity contribution in [2.45, 2.75) is 13.0 Å². The Hall–Kier alpha value is -1.27. The van der Waals surface area contributed by atoms with Gasteiger partial charge in [-0.25, -0.2) is 4.31 Å². The van der Waals surface area contributed by atoms with Crippen molar-refractivity contribution in [3.05, 3.63) is 24.3 Å². The molecule has 0 fully saturated rings. The van der Waals surface area contributed by atoms with E-state index in [1.54, 1.807) is 18.2 Å². The summed E-state index contributed by atoms with van der Waals surface area (Å²) < 4.78 is 32.6. The summed E-state index contributed by atoms with van der Waals surface area (Å²) in [7, 11) is -0.420. The number of benzene rings is 1. The molecule has 1 atom stereocenters. The second-order valence-corrected chi connectivity index (χ2v) is 6.23. The molecule has 0 bridgehead atoms. The third kappa shape index (κ3) is 1.98. The molecule has 0 saturated heterocycles. The van der Waals surface area contributed by atoms with E-state index in [1.165, 1.54) is 22.7 Å². The predicted molar refractivity (Wildman–Crippen MR) is 66.5 cm³/mol. The molecule has 0 amide bonds. The van der Waals surface area contributed by atoms with E-state index >= 15 is 0 Å². The van der Waals surface area contributed by atoms with Gasteiger partial charge in [0.1, 0.15) is 12.4 Å². The molecule has 0 aromatic heterocycles. The van der Waals surface area contributed by atoms with Crippen molar-refractivity contribution in [1.29, 1.82) is 0 Å². The number of ether oxygens (including phenoxy) is 1. The van der Waals surface area contributed by atoms with Crippen LogP contribution in [0.25, 0.3) is 0 Å². The zero-order valence-corrected chi connectivity index (χ0v) is 10.9. The lowest BCUT2D eigenvalue weighted by Crippen LogP contribution is -2.49. The van der Waals surface area contributed by atoms with Crippen molar-refractivity contribution < 1.29 is 13.2 Å². The Labute approximate surface area is 102 Å². The highest BCUT2D eigenvalue weighted by Crippen LogP contribution is 2.35. The lowest BCUT2D eigenvalue weighted by Gasteiger charge is -2.36. The van der Waals surface area contributed by atoms with E-state index in [0.717, 1.165) is 0 Å². The highest BCUT2D eigenvalue weighted by molar-refractivity contribution is 7.90. The fraction of sp³-hybridized carbons (Fsp3) is 0.455. The number of nitrogens with zero attached hydrogens (tertiary/aromatic N) is 2. The molecular formula is C11H16N2O3S. The van der Waals surface area contributed by atoms with E-state index in [4.69, 9.17) is 4.74 Å². The van der Waals surface area contributed by atoms with Crippen molar-refractivity contribution in [3.63, 3.8) is 0 Å². The zero-order chi connectivity index (χ0) is 12.6. The molecule has 0 radical (unpaired) electrons. The summed E-state index contributed by atoms with van der Waals surface area (Å²) in [4.78, 5) is 0. The summed E-state index contributed by atoms with van der Waals surface area (Å²) >= 11 is 0. The van der Waals surface area contributed by atoms with Crippen LogP contribution in [0, 0.1) is 0 Å². The Morgan fingerprint density at radius 2 is 2.00 bits per heavy atom. The molecule has 1 aliphatic heterocycles.